The number of carbonyl (C=O) groups is 1. The number of urea groups is 1. The van der Waals surface area contributed by atoms with Crippen molar-refractivity contribution < 1.29 is 9.53 Å². The quantitative estimate of drug-likeness (QED) is 0.592. The summed E-state index contributed by atoms with van der Waals surface area (Å²) >= 11 is 6.06. The third-order valence-corrected chi connectivity index (χ3v) is 4.58. The number of rotatable bonds is 6. The van der Waals surface area contributed by atoms with Crippen LogP contribution in [0.15, 0.2) is 48.8 Å². The molecule has 6 nitrogen and oxygen atoms in total. The van der Waals surface area contributed by atoms with Crippen LogP contribution in [0, 0.1) is 0 Å². The monoisotopic (exact) mass is 372 g/mol. The molecule has 1 atom stereocenters. The first-order valence-electron chi connectivity index (χ1n) is 8.39. The molecule has 0 fully saturated rings. The van der Waals surface area contributed by atoms with Gasteiger partial charge in [0.1, 0.15) is 11.6 Å². The van der Waals surface area contributed by atoms with Gasteiger partial charge in [-0.3, -0.25) is 0 Å². The number of pyridine rings is 1. The van der Waals surface area contributed by atoms with Crippen molar-refractivity contribution >= 4 is 34.2 Å². The Morgan fingerprint density at radius 1 is 1.31 bits per heavy atom. The minimum absolute atomic E-state index is 0.252. The molecule has 136 valence electrons. The third-order valence-electron chi connectivity index (χ3n) is 4.29. The number of hydrogen-bond donors (Lipinski definition) is 3. The molecule has 0 aliphatic heterocycles. The van der Waals surface area contributed by atoms with Crippen molar-refractivity contribution in [1.82, 2.24) is 15.3 Å². The van der Waals surface area contributed by atoms with E-state index in [1.54, 1.807) is 18.3 Å². The Balaban J connectivity index is 1.65. The normalized spacial score (nSPS) is 13.2. The second-order valence-corrected chi connectivity index (χ2v) is 6.72. The summed E-state index contributed by atoms with van der Waals surface area (Å²) in [6.07, 6.45) is 4.13. The fourth-order valence-corrected chi connectivity index (χ4v) is 2.73. The van der Waals surface area contributed by atoms with Crippen molar-refractivity contribution in [1.29, 1.82) is 0 Å². The smallest absolute Gasteiger partial charge is 0.319 e. The molecule has 3 aromatic rings. The van der Waals surface area contributed by atoms with E-state index in [4.69, 9.17) is 16.3 Å². The van der Waals surface area contributed by atoms with Crippen molar-refractivity contribution in [2.24, 2.45) is 0 Å². The molecular formula is C19H21ClN4O2. The number of amides is 2. The molecule has 2 amide bonds. The van der Waals surface area contributed by atoms with E-state index in [1.807, 2.05) is 44.3 Å². The Morgan fingerprint density at radius 3 is 2.92 bits per heavy atom. The summed E-state index contributed by atoms with van der Waals surface area (Å²) in [6, 6.07) is 10.8. The number of ether oxygens (including phenoxy) is 1. The van der Waals surface area contributed by atoms with Crippen LogP contribution in [0.4, 0.5) is 10.5 Å². The van der Waals surface area contributed by atoms with Gasteiger partial charge in [0.15, 0.2) is 0 Å². The molecule has 0 aliphatic carbocycles. The van der Waals surface area contributed by atoms with Gasteiger partial charge in [0.05, 0.1) is 11.2 Å². The number of anilines is 1. The molecule has 7 heteroatoms. The van der Waals surface area contributed by atoms with Crippen molar-refractivity contribution in [3.63, 3.8) is 0 Å². The fraction of sp³-hybridized carbons (Fsp3) is 0.263. The molecule has 0 spiro atoms. The van der Waals surface area contributed by atoms with Crippen molar-refractivity contribution in [2.75, 3.05) is 11.9 Å². The number of hydrogen-bond acceptors (Lipinski definition) is 3. The van der Waals surface area contributed by atoms with Crippen LogP contribution in [-0.4, -0.2) is 28.1 Å². The Labute approximate surface area is 156 Å². The van der Waals surface area contributed by atoms with Gasteiger partial charge in [-0.15, -0.1) is 0 Å². The van der Waals surface area contributed by atoms with E-state index in [-0.39, 0.29) is 12.6 Å². The number of halogens is 1. The van der Waals surface area contributed by atoms with E-state index in [2.05, 4.69) is 20.6 Å². The van der Waals surface area contributed by atoms with Crippen molar-refractivity contribution in [3.8, 4) is 5.88 Å². The molecule has 0 aliphatic rings. The minimum Gasteiger partial charge on any atom is -0.474 e. The second-order valence-electron chi connectivity index (χ2n) is 6.32. The van der Waals surface area contributed by atoms with Crippen molar-refractivity contribution in [2.45, 2.75) is 25.8 Å². The lowest BCUT2D eigenvalue weighted by Gasteiger charge is -2.29. The molecule has 0 saturated carbocycles. The van der Waals surface area contributed by atoms with Gasteiger partial charge < -0.3 is 20.4 Å². The van der Waals surface area contributed by atoms with Gasteiger partial charge in [0.2, 0.25) is 5.88 Å². The maximum Gasteiger partial charge on any atom is 0.319 e. The maximum atomic E-state index is 12.5. The molecule has 26 heavy (non-hydrogen) atoms. The lowest BCUT2D eigenvalue weighted by Crippen LogP contribution is -2.51. The summed E-state index contributed by atoms with van der Waals surface area (Å²) in [5.41, 5.74) is 1.14. The number of aromatic nitrogens is 2. The SMILES string of the molecule is CC[C@@](C)(COc1ncccc1Cl)NC(=O)Nc1cccc2[nH]ccc12. The predicted molar refractivity (Wildman–Crippen MR) is 104 cm³/mol. The van der Waals surface area contributed by atoms with E-state index in [1.165, 1.54) is 0 Å². The molecule has 3 rings (SSSR count). The molecule has 0 unspecified atom stereocenters. The zero-order valence-electron chi connectivity index (χ0n) is 14.7. The highest BCUT2D eigenvalue weighted by Crippen LogP contribution is 2.23. The number of carbonyl (C=O) groups excluding carboxylic acids is 1. The highest BCUT2D eigenvalue weighted by Gasteiger charge is 2.26. The molecule has 0 saturated heterocycles. The second kappa shape index (κ2) is 7.66. The Kier molecular flexibility index (Phi) is 5.32. The van der Waals surface area contributed by atoms with Crippen LogP contribution >= 0.6 is 11.6 Å². The average molecular weight is 373 g/mol. The number of H-pyrrole nitrogens is 1. The largest absolute Gasteiger partial charge is 0.474 e. The topological polar surface area (TPSA) is 79.0 Å². The minimum atomic E-state index is -0.572. The summed E-state index contributed by atoms with van der Waals surface area (Å²) in [7, 11) is 0. The van der Waals surface area contributed by atoms with Gasteiger partial charge in [-0.2, -0.15) is 0 Å². The molecule has 0 bridgehead atoms. The summed E-state index contributed by atoms with van der Waals surface area (Å²) in [5, 5.41) is 7.28. The highest BCUT2D eigenvalue weighted by molar-refractivity contribution is 6.31. The van der Waals surface area contributed by atoms with E-state index < -0.39 is 5.54 Å². The van der Waals surface area contributed by atoms with Gasteiger partial charge in [0, 0.05) is 23.3 Å². The fourth-order valence-electron chi connectivity index (χ4n) is 2.55. The number of fused-ring (bicyclic) bond motifs is 1. The molecule has 2 heterocycles. The van der Waals surface area contributed by atoms with Crippen LogP contribution in [0.5, 0.6) is 5.88 Å². The number of nitrogens with one attached hydrogen (secondary N) is 3. The summed E-state index contributed by atoms with van der Waals surface area (Å²) in [6.45, 7) is 4.15. The van der Waals surface area contributed by atoms with Crippen LogP contribution in [0.25, 0.3) is 10.9 Å². The lowest BCUT2D eigenvalue weighted by atomic mass is 10.0. The standard InChI is InChI=1S/C19H21ClN4O2/c1-3-19(2,12-26-17-14(20)6-5-10-22-17)24-18(25)23-16-8-4-7-15-13(16)9-11-21-15/h4-11,21H,3,12H2,1-2H3,(H2,23,24,25)/t19-/m0/s1. The maximum absolute atomic E-state index is 12.5. The van der Waals surface area contributed by atoms with Gasteiger partial charge in [0.25, 0.3) is 0 Å². The van der Waals surface area contributed by atoms with Crippen LogP contribution in [0.1, 0.15) is 20.3 Å². The Morgan fingerprint density at radius 2 is 2.15 bits per heavy atom. The Bertz CT molecular complexity index is 911. The number of aromatic amines is 1. The first-order valence-corrected chi connectivity index (χ1v) is 8.77. The molecule has 2 aromatic heterocycles. The average Bonchev–Trinajstić information content (AvgIpc) is 3.11. The zero-order valence-corrected chi connectivity index (χ0v) is 15.4. The van der Waals surface area contributed by atoms with E-state index in [9.17, 15) is 4.79 Å². The molecular weight excluding hydrogens is 352 g/mol. The van der Waals surface area contributed by atoms with Crippen LogP contribution < -0.4 is 15.4 Å². The van der Waals surface area contributed by atoms with Gasteiger partial charge in [-0.25, -0.2) is 9.78 Å². The van der Waals surface area contributed by atoms with Crippen molar-refractivity contribution in [3.05, 3.63) is 53.8 Å². The molecule has 0 radical (unpaired) electrons. The van der Waals surface area contributed by atoms with E-state index >= 15 is 0 Å². The molecule has 3 N–H and O–H groups in total. The van der Waals surface area contributed by atoms with Gasteiger partial charge >= 0.3 is 6.03 Å². The van der Waals surface area contributed by atoms with Gasteiger partial charge in [-0.1, -0.05) is 24.6 Å². The summed E-state index contributed by atoms with van der Waals surface area (Å²) in [5.74, 6) is 0.355. The van der Waals surface area contributed by atoms with Crippen LogP contribution in [0.3, 0.4) is 0 Å². The molecule has 1 aromatic carbocycles. The summed E-state index contributed by atoms with van der Waals surface area (Å²) in [4.78, 5) is 19.7. The van der Waals surface area contributed by atoms with E-state index in [0.717, 1.165) is 16.6 Å². The van der Waals surface area contributed by atoms with Gasteiger partial charge in [-0.05, 0) is 43.7 Å². The van der Waals surface area contributed by atoms with Crippen LogP contribution in [-0.2, 0) is 0 Å². The number of nitrogens with zero attached hydrogens (tertiary/aromatic N) is 1. The zero-order chi connectivity index (χ0) is 18.6. The predicted octanol–water partition coefficient (Wildman–Crippen LogP) is 4.59. The first kappa shape index (κ1) is 18.1. The number of benzene rings is 1. The van der Waals surface area contributed by atoms with E-state index in [0.29, 0.717) is 17.3 Å². The Hall–Kier alpha value is -2.73. The lowest BCUT2D eigenvalue weighted by molar-refractivity contribution is 0.183. The highest BCUT2D eigenvalue weighted by atomic mass is 35.5. The van der Waals surface area contributed by atoms with Crippen LogP contribution in [0.2, 0.25) is 5.02 Å². The summed E-state index contributed by atoms with van der Waals surface area (Å²) < 4.78 is 5.71. The first-order chi connectivity index (χ1) is 12.5. The third kappa shape index (κ3) is 4.08.